The zero-order valence-corrected chi connectivity index (χ0v) is 7.04. The van der Waals surface area contributed by atoms with Crippen LogP contribution in [0.1, 0.15) is 0 Å². The molecule has 0 unspecified atom stereocenters. The fourth-order valence-corrected chi connectivity index (χ4v) is 1.83. The summed E-state index contributed by atoms with van der Waals surface area (Å²) in [5.41, 5.74) is 0. The van der Waals surface area contributed by atoms with Crippen molar-refractivity contribution in [1.82, 2.24) is 4.90 Å². The van der Waals surface area contributed by atoms with Crippen molar-refractivity contribution in [1.29, 1.82) is 5.26 Å². The van der Waals surface area contributed by atoms with E-state index < -0.39 is 5.97 Å². The number of carbonyl (C=O) groups is 1. The second kappa shape index (κ2) is 3.97. The summed E-state index contributed by atoms with van der Waals surface area (Å²) in [5.74, 6) is -0.100. The van der Waals surface area contributed by atoms with Crippen LogP contribution in [0.3, 0.4) is 0 Å². The smallest absolute Gasteiger partial charge is 0.323 e. The molecule has 1 heterocycles. The number of rotatable bonds is 2. The number of nitrogens with zero attached hydrogens (tertiary/aromatic N) is 3. The molecule has 0 spiro atoms. The molecule has 5 nitrogen and oxygen atoms in total. The topological polar surface area (TPSA) is 76.7 Å². The Morgan fingerprint density at radius 2 is 2.67 bits per heavy atom. The Kier molecular flexibility index (Phi) is 2.94. The van der Waals surface area contributed by atoms with Crippen LogP contribution >= 0.6 is 11.8 Å². The van der Waals surface area contributed by atoms with E-state index in [9.17, 15) is 4.79 Å². The van der Waals surface area contributed by atoms with Crippen LogP contribution in [0.5, 0.6) is 0 Å². The van der Waals surface area contributed by atoms with Crippen molar-refractivity contribution in [3.05, 3.63) is 0 Å². The van der Waals surface area contributed by atoms with E-state index in [1.54, 1.807) is 11.1 Å². The summed E-state index contributed by atoms with van der Waals surface area (Å²) in [5, 5.41) is 17.2. The quantitative estimate of drug-likeness (QED) is 0.611. The fourth-order valence-electron chi connectivity index (χ4n) is 0.890. The van der Waals surface area contributed by atoms with E-state index in [4.69, 9.17) is 10.4 Å². The highest BCUT2D eigenvalue weighted by Crippen LogP contribution is 2.16. The van der Waals surface area contributed by atoms with E-state index in [1.807, 2.05) is 0 Å². The number of hydrogen-bond acceptors (Lipinski definition) is 4. The molecule has 0 bridgehead atoms. The Labute approximate surface area is 73.7 Å². The third kappa shape index (κ3) is 2.13. The summed E-state index contributed by atoms with van der Waals surface area (Å²) in [6.07, 6.45) is 1.65. The van der Waals surface area contributed by atoms with Gasteiger partial charge in [-0.2, -0.15) is 5.26 Å². The molecule has 1 rings (SSSR count). The highest BCUT2D eigenvalue weighted by molar-refractivity contribution is 8.14. The first-order chi connectivity index (χ1) is 5.74. The fraction of sp³-hybridized carbons (Fsp3) is 0.500. The van der Waals surface area contributed by atoms with Gasteiger partial charge in [0.2, 0.25) is 6.19 Å². The molecule has 12 heavy (non-hydrogen) atoms. The van der Waals surface area contributed by atoms with Gasteiger partial charge in [0.15, 0.2) is 5.17 Å². The molecule has 1 N–H and O–H groups in total. The molecule has 0 aromatic rings. The molecule has 6 heteroatoms. The van der Waals surface area contributed by atoms with Crippen molar-refractivity contribution in [2.24, 2.45) is 4.99 Å². The van der Waals surface area contributed by atoms with E-state index >= 15 is 0 Å². The molecule has 1 aliphatic heterocycles. The molecule has 0 radical (unpaired) electrons. The summed E-state index contributed by atoms with van der Waals surface area (Å²) in [6.45, 7) is 0.574. The molecule has 0 aromatic heterocycles. The first-order valence-electron chi connectivity index (χ1n) is 3.30. The third-order valence-electron chi connectivity index (χ3n) is 1.33. The Hall–Kier alpha value is -1.22. The van der Waals surface area contributed by atoms with Gasteiger partial charge in [-0.3, -0.25) is 4.79 Å². The second-order valence-corrected chi connectivity index (χ2v) is 3.22. The van der Waals surface area contributed by atoms with Crippen LogP contribution in [0.2, 0.25) is 0 Å². The number of thioether (sulfide) groups is 1. The third-order valence-corrected chi connectivity index (χ3v) is 2.33. The highest BCUT2D eigenvalue weighted by Gasteiger charge is 2.21. The van der Waals surface area contributed by atoms with Crippen LogP contribution in [0, 0.1) is 11.5 Å². The van der Waals surface area contributed by atoms with E-state index in [0.29, 0.717) is 11.7 Å². The van der Waals surface area contributed by atoms with Crippen LogP contribution in [0.25, 0.3) is 0 Å². The molecule has 1 fully saturated rings. The second-order valence-electron chi connectivity index (χ2n) is 2.16. The number of carboxylic acids is 1. The Bertz CT molecular complexity index is 258. The van der Waals surface area contributed by atoms with E-state index in [1.165, 1.54) is 11.8 Å². The minimum absolute atomic E-state index is 0.0759. The molecule has 0 saturated carbocycles. The largest absolute Gasteiger partial charge is 0.480 e. The van der Waals surface area contributed by atoms with E-state index in [-0.39, 0.29) is 6.54 Å². The lowest BCUT2D eigenvalue weighted by atomic mass is 10.5. The molecule has 0 atom stereocenters. The summed E-state index contributed by atoms with van der Waals surface area (Å²) in [6, 6.07) is 0. The summed E-state index contributed by atoms with van der Waals surface area (Å²) in [7, 11) is 0. The first kappa shape index (κ1) is 8.87. The Balaban J connectivity index is 2.59. The summed E-state index contributed by atoms with van der Waals surface area (Å²) < 4.78 is 0. The maximum atomic E-state index is 10.3. The zero-order chi connectivity index (χ0) is 8.97. The van der Waals surface area contributed by atoms with Crippen LogP contribution < -0.4 is 0 Å². The van der Waals surface area contributed by atoms with Gasteiger partial charge in [-0.05, 0) is 0 Å². The predicted molar refractivity (Wildman–Crippen MR) is 44.7 cm³/mol. The molecule has 0 aliphatic carbocycles. The van der Waals surface area contributed by atoms with Gasteiger partial charge < -0.3 is 10.0 Å². The van der Waals surface area contributed by atoms with Gasteiger partial charge in [-0.25, -0.2) is 0 Å². The number of amidine groups is 1. The lowest BCUT2D eigenvalue weighted by molar-refractivity contribution is -0.137. The van der Waals surface area contributed by atoms with Gasteiger partial charge in [-0.1, -0.05) is 11.8 Å². The predicted octanol–water partition coefficient (Wildman–Crippen LogP) is -0.0431. The van der Waals surface area contributed by atoms with Gasteiger partial charge in [0.05, 0.1) is 0 Å². The maximum absolute atomic E-state index is 10.3. The van der Waals surface area contributed by atoms with Crippen LogP contribution in [0.15, 0.2) is 4.99 Å². The van der Waals surface area contributed by atoms with Gasteiger partial charge in [0, 0.05) is 12.3 Å². The molecule has 1 saturated heterocycles. The SMILES string of the molecule is N#C/N=C1/SCCN1CC(=O)O. The lowest BCUT2D eigenvalue weighted by Crippen LogP contribution is -2.30. The Morgan fingerprint density at radius 1 is 1.92 bits per heavy atom. The molecule has 64 valence electrons. The molecule has 0 amide bonds. The summed E-state index contributed by atoms with van der Waals surface area (Å²) in [4.78, 5) is 15.4. The lowest BCUT2D eigenvalue weighted by Gasteiger charge is -2.12. The van der Waals surface area contributed by atoms with E-state index in [2.05, 4.69) is 4.99 Å². The molecule has 1 aliphatic rings. The van der Waals surface area contributed by atoms with Crippen LogP contribution in [-0.4, -0.2) is 40.0 Å². The highest BCUT2D eigenvalue weighted by atomic mass is 32.2. The molecule has 0 aromatic carbocycles. The van der Waals surface area contributed by atoms with Crippen molar-refractivity contribution >= 4 is 22.9 Å². The van der Waals surface area contributed by atoms with Gasteiger partial charge in [-0.15, -0.1) is 4.99 Å². The summed E-state index contributed by atoms with van der Waals surface area (Å²) >= 11 is 1.41. The van der Waals surface area contributed by atoms with Crippen molar-refractivity contribution in [2.45, 2.75) is 0 Å². The minimum Gasteiger partial charge on any atom is -0.480 e. The average Bonchev–Trinajstić information content (AvgIpc) is 2.37. The average molecular weight is 185 g/mol. The standard InChI is InChI=1S/C6H7N3O2S/c7-4-8-6-9(1-2-12-6)3-5(10)11/h1-3H2,(H,10,11)/b8-6+. The van der Waals surface area contributed by atoms with Crippen LogP contribution in [-0.2, 0) is 4.79 Å². The first-order valence-corrected chi connectivity index (χ1v) is 4.29. The minimum atomic E-state index is -0.900. The number of aliphatic imine (C=N–C) groups is 1. The molecular formula is C6H7N3O2S. The van der Waals surface area contributed by atoms with Crippen molar-refractivity contribution in [3.8, 4) is 6.19 Å². The van der Waals surface area contributed by atoms with Gasteiger partial charge >= 0.3 is 5.97 Å². The number of hydrogen-bond donors (Lipinski definition) is 1. The number of carboxylic acid groups (broad SMARTS) is 1. The van der Waals surface area contributed by atoms with Crippen molar-refractivity contribution in [3.63, 3.8) is 0 Å². The Morgan fingerprint density at radius 3 is 3.25 bits per heavy atom. The van der Waals surface area contributed by atoms with Crippen LogP contribution in [0.4, 0.5) is 0 Å². The normalized spacial score (nSPS) is 19.6. The number of aliphatic carboxylic acids is 1. The zero-order valence-electron chi connectivity index (χ0n) is 6.23. The number of nitriles is 1. The molecular weight excluding hydrogens is 178 g/mol. The van der Waals surface area contributed by atoms with Gasteiger partial charge in [0.1, 0.15) is 6.54 Å². The van der Waals surface area contributed by atoms with E-state index in [0.717, 1.165) is 5.75 Å². The monoisotopic (exact) mass is 185 g/mol. The van der Waals surface area contributed by atoms with Gasteiger partial charge in [0.25, 0.3) is 0 Å². The maximum Gasteiger partial charge on any atom is 0.323 e. The van der Waals surface area contributed by atoms with Crippen molar-refractivity contribution in [2.75, 3.05) is 18.8 Å². The van der Waals surface area contributed by atoms with Crippen molar-refractivity contribution < 1.29 is 9.90 Å².